The maximum Gasteiger partial charge on any atom is 0.501 e. The largest absolute Gasteiger partial charge is 0.501 e. The number of aromatic nitrogens is 2. The van der Waals surface area contributed by atoms with Gasteiger partial charge in [-0.15, -0.1) is 11.8 Å². The van der Waals surface area contributed by atoms with Crippen LogP contribution in [0.25, 0.3) is 11.1 Å². The number of halogens is 4. The van der Waals surface area contributed by atoms with Gasteiger partial charge in [-0.25, -0.2) is 26.8 Å². The number of ether oxygens (including phenoxy) is 1. The van der Waals surface area contributed by atoms with Crippen LogP contribution in [-0.2, 0) is 44.0 Å². The zero-order valence-corrected chi connectivity index (χ0v) is 39.0. The Morgan fingerprint density at radius 3 is 2.34 bits per heavy atom. The van der Waals surface area contributed by atoms with Crippen molar-refractivity contribution in [3.63, 3.8) is 0 Å². The van der Waals surface area contributed by atoms with E-state index in [1.54, 1.807) is 7.11 Å². The molecule has 0 amide bonds. The van der Waals surface area contributed by atoms with E-state index in [-0.39, 0.29) is 23.1 Å². The van der Waals surface area contributed by atoms with Crippen molar-refractivity contribution in [3.05, 3.63) is 125 Å². The molecule has 7 rings (SSSR count). The highest BCUT2D eigenvalue weighted by Crippen LogP contribution is 2.41. The quantitative estimate of drug-likeness (QED) is 0.0865. The predicted octanol–water partition coefficient (Wildman–Crippen LogP) is 9.34. The molecule has 64 heavy (non-hydrogen) atoms. The van der Waals surface area contributed by atoms with Gasteiger partial charge in [-0.2, -0.15) is 13.2 Å². The number of benzene rings is 4. The predicted molar refractivity (Wildman–Crippen MR) is 247 cm³/mol. The number of hydrogen-bond donors (Lipinski definition) is 2. The first kappa shape index (κ1) is 47.7. The molecule has 0 saturated heterocycles. The Balaban J connectivity index is 1.06. The van der Waals surface area contributed by atoms with Gasteiger partial charge in [0.1, 0.15) is 17.0 Å². The van der Waals surface area contributed by atoms with Crippen LogP contribution in [0.4, 0.5) is 24.7 Å². The summed E-state index contributed by atoms with van der Waals surface area (Å²) in [6.07, 6.45) is 6.33. The first-order chi connectivity index (χ1) is 30.5. The lowest BCUT2D eigenvalue weighted by Gasteiger charge is -2.44. The minimum absolute atomic E-state index is 0.00448. The molecule has 0 radical (unpaired) electrons. The lowest BCUT2D eigenvalue weighted by Crippen LogP contribution is -2.47. The third kappa shape index (κ3) is 11.2. The van der Waals surface area contributed by atoms with Crippen molar-refractivity contribution in [2.45, 2.75) is 89.4 Å². The number of alkyl halides is 3. The first-order valence-corrected chi connectivity index (χ1v) is 25.3. The third-order valence-electron chi connectivity index (χ3n) is 12.1. The number of thioether (sulfide) groups is 1. The van der Waals surface area contributed by atoms with Gasteiger partial charge in [-0.3, -0.25) is 9.62 Å². The molecule has 2 heterocycles. The van der Waals surface area contributed by atoms with Crippen molar-refractivity contribution in [2.75, 3.05) is 50.1 Å². The number of hydrogen-bond acceptors (Lipinski definition) is 11. The van der Waals surface area contributed by atoms with E-state index in [1.807, 2.05) is 85.7 Å². The zero-order valence-electron chi connectivity index (χ0n) is 35.8. The molecule has 4 aromatic carbocycles. The maximum atomic E-state index is 14.2. The van der Waals surface area contributed by atoms with E-state index in [4.69, 9.17) is 16.3 Å². The monoisotopic (exact) mass is 956 g/mol. The van der Waals surface area contributed by atoms with Crippen LogP contribution < -0.4 is 10.0 Å². The summed E-state index contributed by atoms with van der Waals surface area (Å²) in [6, 6.07) is 28.1. The number of fused-ring (bicyclic) bond motifs is 1. The standard InChI is InChI=1S/C46H52ClF3N6O5S3/c1-55(2)25-21-35(30-62-37-10-5-4-6-11-37)53-41-18-17-38(27-43(41)63(57,58)46(48,49)50)64(59,60)54-44-40-22-26-56(29-42(40)51-31-52-44)36-19-23-45(61-3,24-20-36)28-33-9-7-8-12-39(33)32-13-15-34(47)16-14-32/h4-18,27,31,35-36,53H,19-26,28-30H2,1-3H3,(H,51,52,54). The first-order valence-electron chi connectivity index (χ1n) is 21.0. The minimum atomic E-state index is -5.99. The van der Waals surface area contributed by atoms with Crippen LogP contribution in [0.2, 0.25) is 5.02 Å². The average Bonchev–Trinajstić information content (AvgIpc) is 3.28. The fraction of sp³-hybridized carbons (Fsp3) is 0.391. The Morgan fingerprint density at radius 1 is 0.953 bits per heavy atom. The van der Waals surface area contributed by atoms with Crippen LogP contribution >= 0.6 is 23.4 Å². The summed E-state index contributed by atoms with van der Waals surface area (Å²) in [5.41, 5.74) is -1.74. The van der Waals surface area contributed by atoms with Crippen molar-refractivity contribution >= 4 is 54.7 Å². The minimum Gasteiger partial charge on any atom is -0.380 e. The number of rotatable bonds is 17. The van der Waals surface area contributed by atoms with E-state index in [1.165, 1.54) is 23.7 Å². The van der Waals surface area contributed by atoms with Gasteiger partial charge in [0, 0.05) is 59.9 Å². The fourth-order valence-corrected chi connectivity index (χ4v) is 11.7. The molecule has 2 N–H and O–H groups in total. The molecule has 1 atom stereocenters. The Hall–Kier alpha value is -4.23. The molecule has 1 saturated carbocycles. The molecule has 1 aliphatic carbocycles. The van der Waals surface area contributed by atoms with Gasteiger partial charge < -0.3 is 15.0 Å². The summed E-state index contributed by atoms with van der Waals surface area (Å²) in [5, 5.41) is 3.68. The molecule has 1 unspecified atom stereocenters. The van der Waals surface area contributed by atoms with Crippen LogP contribution in [0.3, 0.4) is 0 Å². The smallest absolute Gasteiger partial charge is 0.380 e. The van der Waals surface area contributed by atoms with E-state index >= 15 is 0 Å². The molecule has 0 spiro atoms. The van der Waals surface area contributed by atoms with E-state index in [0.717, 1.165) is 60.3 Å². The highest BCUT2D eigenvalue weighted by atomic mass is 35.5. The highest BCUT2D eigenvalue weighted by molar-refractivity contribution is 7.99. The van der Waals surface area contributed by atoms with Gasteiger partial charge in [0.05, 0.1) is 21.9 Å². The fourth-order valence-electron chi connectivity index (χ4n) is 8.52. The van der Waals surface area contributed by atoms with Crippen LogP contribution in [0.15, 0.2) is 118 Å². The SMILES string of the molecule is COC1(Cc2ccccc2-c2ccc(Cl)cc2)CCC(N2CCc3c(ncnc3NS(=O)(=O)c3ccc(NC(CCN(C)C)CSc4ccccc4)c(S(=O)(=O)C(F)(F)F)c3)C2)CC1. The van der Waals surface area contributed by atoms with Crippen LogP contribution in [-0.4, -0.2) is 99.8 Å². The topological polar surface area (TPSA) is 134 Å². The van der Waals surface area contributed by atoms with Gasteiger partial charge in [-0.05, 0) is 118 Å². The number of sulfone groups is 1. The van der Waals surface area contributed by atoms with Crippen molar-refractivity contribution in [1.29, 1.82) is 0 Å². The summed E-state index contributed by atoms with van der Waals surface area (Å²) in [6.45, 7) is 1.61. The Labute approximate surface area is 383 Å². The lowest BCUT2D eigenvalue weighted by atomic mass is 9.76. The normalized spacial score (nSPS) is 19.0. The third-order valence-corrected chi connectivity index (χ3v) is 16.4. The second-order valence-corrected chi connectivity index (χ2v) is 21.7. The molecule has 5 aromatic rings. The number of methoxy groups -OCH3 is 1. The molecule has 11 nitrogen and oxygen atoms in total. The van der Waals surface area contributed by atoms with Crippen molar-refractivity contribution in [1.82, 2.24) is 19.8 Å². The summed E-state index contributed by atoms with van der Waals surface area (Å²) >= 11 is 7.64. The van der Waals surface area contributed by atoms with Crippen LogP contribution in [0.5, 0.6) is 0 Å². The average molecular weight is 958 g/mol. The number of nitrogens with one attached hydrogen (secondary N) is 2. The Bertz CT molecular complexity index is 2620. The molecule has 1 aromatic heterocycles. The summed E-state index contributed by atoms with van der Waals surface area (Å²) in [5.74, 6) is 0.395. The van der Waals surface area contributed by atoms with Gasteiger partial charge >= 0.3 is 5.51 Å². The lowest BCUT2D eigenvalue weighted by molar-refractivity contribution is -0.0565. The van der Waals surface area contributed by atoms with Gasteiger partial charge in [0.2, 0.25) is 0 Å². The molecule has 18 heteroatoms. The molecule has 1 fully saturated rings. The van der Waals surface area contributed by atoms with Gasteiger partial charge in [-0.1, -0.05) is 66.2 Å². The van der Waals surface area contributed by atoms with E-state index in [0.29, 0.717) is 60.6 Å². The van der Waals surface area contributed by atoms with E-state index in [2.05, 4.69) is 37.0 Å². The molecular weight excluding hydrogens is 905 g/mol. The molecule has 1 aliphatic heterocycles. The van der Waals surface area contributed by atoms with E-state index < -0.39 is 41.2 Å². The van der Waals surface area contributed by atoms with E-state index in [9.17, 15) is 30.0 Å². The van der Waals surface area contributed by atoms with Gasteiger partial charge in [0.15, 0.2) is 0 Å². The number of nitrogens with zero attached hydrogens (tertiary/aromatic N) is 4. The number of anilines is 2. The molecule has 342 valence electrons. The summed E-state index contributed by atoms with van der Waals surface area (Å²) in [7, 11) is -5.14. The van der Waals surface area contributed by atoms with Crippen molar-refractivity contribution in [3.8, 4) is 11.1 Å². The zero-order chi connectivity index (χ0) is 45.7. The molecular formula is C46H52ClF3N6O5S3. The van der Waals surface area contributed by atoms with Crippen molar-refractivity contribution < 1.29 is 34.7 Å². The molecule has 2 aliphatic rings. The second-order valence-electron chi connectivity index (χ2n) is 16.6. The Kier molecular flexibility index (Phi) is 15.0. The van der Waals surface area contributed by atoms with Gasteiger partial charge in [0.25, 0.3) is 19.9 Å². The van der Waals surface area contributed by atoms with Crippen LogP contribution in [0, 0.1) is 0 Å². The summed E-state index contributed by atoms with van der Waals surface area (Å²) < 4.78 is 105. The Morgan fingerprint density at radius 2 is 1.66 bits per heavy atom. The van der Waals surface area contributed by atoms with Crippen LogP contribution in [0.1, 0.15) is 48.9 Å². The highest BCUT2D eigenvalue weighted by Gasteiger charge is 2.48. The molecule has 0 bridgehead atoms. The second kappa shape index (κ2) is 20.1. The van der Waals surface area contributed by atoms with Crippen molar-refractivity contribution in [2.24, 2.45) is 0 Å². The maximum absolute atomic E-state index is 14.2. The summed E-state index contributed by atoms with van der Waals surface area (Å²) in [4.78, 5) is 12.1. The number of sulfonamides is 1.